The van der Waals surface area contributed by atoms with Crippen molar-refractivity contribution in [3.63, 3.8) is 0 Å². The number of nitrogens with zero attached hydrogens (tertiary/aromatic N) is 2. The van der Waals surface area contributed by atoms with E-state index in [0.717, 1.165) is 32.5 Å². The zero-order valence-electron chi connectivity index (χ0n) is 15.6. The lowest BCUT2D eigenvalue weighted by Gasteiger charge is -2.43. The topological polar surface area (TPSA) is 73.2 Å². The number of methoxy groups -OCH3 is 1. The fourth-order valence-electron chi connectivity index (χ4n) is 4.08. The van der Waals surface area contributed by atoms with Gasteiger partial charge in [-0.3, -0.25) is 4.79 Å². The Morgan fingerprint density at radius 3 is 2.31 bits per heavy atom. The molecule has 1 amide bonds. The largest absolute Gasteiger partial charge is 0.497 e. The van der Waals surface area contributed by atoms with E-state index in [-0.39, 0.29) is 17.9 Å². The number of likely N-dealkylation sites (tertiary alicyclic amines) is 2. The van der Waals surface area contributed by atoms with E-state index in [9.17, 15) is 15.0 Å². The van der Waals surface area contributed by atoms with Gasteiger partial charge in [-0.15, -0.1) is 0 Å². The number of benzene rings is 1. The molecule has 1 aromatic rings. The van der Waals surface area contributed by atoms with E-state index in [1.807, 2.05) is 0 Å². The van der Waals surface area contributed by atoms with E-state index in [1.165, 1.54) is 12.8 Å². The molecule has 0 saturated carbocycles. The van der Waals surface area contributed by atoms with E-state index >= 15 is 0 Å². The van der Waals surface area contributed by atoms with Crippen molar-refractivity contribution in [2.24, 2.45) is 5.41 Å². The first-order chi connectivity index (χ1) is 12.6. The summed E-state index contributed by atoms with van der Waals surface area (Å²) in [4.78, 5) is 16.8. The van der Waals surface area contributed by atoms with Crippen LogP contribution < -0.4 is 4.74 Å². The average Bonchev–Trinajstić information content (AvgIpc) is 3.20. The average molecular weight is 362 g/mol. The summed E-state index contributed by atoms with van der Waals surface area (Å²) in [5.74, 6) is 0.434. The molecule has 6 heteroatoms. The smallest absolute Gasteiger partial charge is 0.256 e. The molecule has 0 aliphatic carbocycles. The van der Waals surface area contributed by atoms with Crippen LogP contribution in [0.4, 0.5) is 0 Å². The normalized spacial score (nSPS) is 21.6. The minimum Gasteiger partial charge on any atom is -0.497 e. The maximum atomic E-state index is 12.7. The van der Waals surface area contributed by atoms with Crippen LogP contribution in [0.5, 0.6) is 5.75 Å². The summed E-state index contributed by atoms with van der Waals surface area (Å²) in [5.41, 5.74) is 0.457. The molecule has 2 saturated heterocycles. The number of piperidine rings is 1. The zero-order valence-corrected chi connectivity index (χ0v) is 15.6. The van der Waals surface area contributed by atoms with Gasteiger partial charge in [0.2, 0.25) is 0 Å². The highest BCUT2D eigenvalue weighted by atomic mass is 16.5. The molecule has 1 aromatic carbocycles. The summed E-state index contributed by atoms with van der Waals surface area (Å²) in [5, 5.41) is 20.4. The SMILES string of the molecule is COc1ccc(C(O)C(=O)N2CCC(CO)(CN3CCCC3)CC2)cc1. The summed E-state index contributed by atoms with van der Waals surface area (Å²) < 4.78 is 5.11. The van der Waals surface area contributed by atoms with Crippen LogP contribution in [0.2, 0.25) is 0 Å². The molecule has 2 N–H and O–H groups in total. The minimum atomic E-state index is -1.15. The van der Waals surface area contributed by atoms with Crippen LogP contribution in [0, 0.1) is 5.41 Å². The Labute approximate surface area is 155 Å². The first-order valence-corrected chi connectivity index (χ1v) is 9.51. The van der Waals surface area contributed by atoms with Gasteiger partial charge in [-0.1, -0.05) is 12.1 Å². The molecule has 2 aliphatic heterocycles. The third kappa shape index (κ3) is 4.19. The Morgan fingerprint density at radius 1 is 1.15 bits per heavy atom. The van der Waals surface area contributed by atoms with Crippen LogP contribution in [-0.2, 0) is 4.79 Å². The number of hydrogen-bond acceptors (Lipinski definition) is 5. The van der Waals surface area contributed by atoms with Crippen molar-refractivity contribution < 1.29 is 19.7 Å². The van der Waals surface area contributed by atoms with Crippen LogP contribution in [0.3, 0.4) is 0 Å². The van der Waals surface area contributed by atoms with E-state index in [4.69, 9.17) is 4.74 Å². The third-order valence-corrected chi connectivity index (χ3v) is 5.89. The van der Waals surface area contributed by atoms with Crippen LogP contribution in [0.1, 0.15) is 37.4 Å². The molecule has 2 fully saturated rings. The Hall–Kier alpha value is -1.63. The van der Waals surface area contributed by atoms with Gasteiger partial charge < -0.3 is 24.7 Å². The van der Waals surface area contributed by atoms with Crippen molar-refractivity contribution >= 4 is 5.91 Å². The predicted molar refractivity (Wildman–Crippen MR) is 99.0 cm³/mol. The summed E-state index contributed by atoms with van der Waals surface area (Å²) in [6.45, 7) is 4.46. The van der Waals surface area contributed by atoms with E-state index in [0.29, 0.717) is 24.4 Å². The monoisotopic (exact) mass is 362 g/mol. The highest BCUT2D eigenvalue weighted by Crippen LogP contribution is 2.34. The molecular weight excluding hydrogens is 332 g/mol. The van der Waals surface area contributed by atoms with Gasteiger partial charge in [0, 0.05) is 25.0 Å². The van der Waals surface area contributed by atoms with E-state index in [1.54, 1.807) is 36.3 Å². The van der Waals surface area contributed by atoms with E-state index < -0.39 is 6.10 Å². The standard InChI is InChI=1S/C20H30N2O4/c1-26-17-6-4-16(5-7-17)18(24)19(25)22-12-8-20(15-23,9-13-22)14-21-10-2-3-11-21/h4-7,18,23-24H,2-3,8-15H2,1H3. The molecule has 144 valence electrons. The Balaban J connectivity index is 1.57. The minimum absolute atomic E-state index is 0.119. The zero-order chi connectivity index (χ0) is 18.6. The Morgan fingerprint density at radius 2 is 1.77 bits per heavy atom. The molecule has 0 bridgehead atoms. The fraction of sp³-hybridized carbons (Fsp3) is 0.650. The highest BCUT2D eigenvalue weighted by Gasteiger charge is 2.38. The van der Waals surface area contributed by atoms with Gasteiger partial charge in [0.1, 0.15) is 5.75 Å². The molecule has 0 aromatic heterocycles. The first-order valence-electron chi connectivity index (χ1n) is 9.51. The molecule has 6 nitrogen and oxygen atoms in total. The van der Waals surface area contributed by atoms with Crippen LogP contribution in [0.25, 0.3) is 0 Å². The highest BCUT2D eigenvalue weighted by molar-refractivity contribution is 5.82. The fourth-order valence-corrected chi connectivity index (χ4v) is 4.08. The number of aliphatic hydroxyl groups excluding tert-OH is 2. The maximum Gasteiger partial charge on any atom is 0.256 e. The second kappa shape index (κ2) is 8.37. The van der Waals surface area contributed by atoms with Gasteiger partial charge >= 0.3 is 0 Å². The molecule has 3 rings (SSSR count). The van der Waals surface area contributed by atoms with Crippen molar-refractivity contribution in [1.29, 1.82) is 0 Å². The number of carbonyl (C=O) groups is 1. The summed E-state index contributed by atoms with van der Waals surface area (Å²) in [6.07, 6.45) is 2.88. The number of carbonyl (C=O) groups excluding carboxylic acids is 1. The second-order valence-corrected chi connectivity index (χ2v) is 7.64. The number of ether oxygens (including phenoxy) is 1. The molecule has 2 aliphatic rings. The molecule has 26 heavy (non-hydrogen) atoms. The van der Waals surface area contributed by atoms with Gasteiger partial charge in [0.15, 0.2) is 6.10 Å². The molecule has 2 heterocycles. The maximum absolute atomic E-state index is 12.7. The number of amides is 1. The van der Waals surface area contributed by atoms with Crippen molar-refractivity contribution in [3.8, 4) is 5.75 Å². The predicted octanol–water partition coefficient (Wildman–Crippen LogP) is 1.43. The summed E-state index contributed by atoms with van der Waals surface area (Å²) in [7, 11) is 1.58. The van der Waals surface area contributed by atoms with Gasteiger partial charge in [-0.25, -0.2) is 0 Å². The third-order valence-electron chi connectivity index (χ3n) is 5.89. The van der Waals surface area contributed by atoms with Crippen LogP contribution in [-0.4, -0.2) is 72.4 Å². The van der Waals surface area contributed by atoms with Gasteiger partial charge in [0.05, 0.1) is 13.7 Å². The van der Waals surface area contributed by atoms with Crippen molar-refractivity contribution in [2.45, 2.75) is 31.8 Å². The number of aliphatic hydroxyl groups is 2. The Bertz CT molecular complexity index is 590. The van der Waals surface area contributed by atoms with Crippen molar-refractivity contribution in [2.75, 3.05) is 46.4 Å². The first kappa shape index (κ1) is 19.1. The van der Waals surface area contributed by atoms with Crippen molar-refractivity contribution in [1.82, 2.24) is 9.80 Å². The van der Waals surface area contributed by atoms with Gasteiger partial charge in [-0.2, -0.15) is 0 Å². The lowest BCUT2D eigenvalue weighted by Crippen LogP contribution is -2.50. The molecule has 1 atom stereocenters. The van der Waals surface area contributed by atoms with Gasteiger partial charge in [0.25, 0.3) is 5.91 Å². The summed E-state index contributed by atoms with van der Waals surface area (Å²) in [6, 6.07) is 6.93. The van der Waals surface area contributed by atoms with Crippen LogP contribution >= 0.6 is 0 Å². The van der Waals surface area contributed by atoms with E-state index in [2.05, 4.69) is 4.90 Å². The van der Waals surface area contributed by atoms with Crippen LogP contribution in [0.15, 0.2) is 24.3 Å². The van der Waals surface area contributed by atoms with Gasteiger partial charge in [-0.05, 0) is 56.5 Å². The molecule has 0 spiro atoms. The Kier molecular flexibility index (Phi) is 6.16. The molecular formula is C20H30N2O4. The lowest BCUT2D eigenvalue weighted by molar-refractivity contribution is -0.143. The molecule has 1 unspecified atom stereocenters. The summed E-state index contributed by atoms with van der Waals surface area (Å²) >= 11 is 0. The quantitative estimate of drug-likeness (QED) is 0.801. The van der Waals surface area contributed by atoms with Crippen molar-refractivity contribution in [3.05, 3.63) is 29.8 Å². The number of rotatable bonds is 6. The molecule has 0 radical (unpaired) electrons. The second-order valence-electron chi connectivity index (χ2n) is 7.64. The number of hydrogen-bond donors (Lipinski definition) is 2. The lowest BCUT2D eigenvalue weighted by atomic mass is 9.78.